The van der Waals surface area contributed by atoms with E-state index in [0.29, 0.717) is 130 Å². The summed E-state index contributed by atoms with van der Waals surface area (Å²) in [6, 6.07) is 2.27. The van der Waals surface area contributed by atoms with Gasteiger partial charge in [0, 0.05) is 43.3 Å². The van der Waals surface area contributed by atoms with Crippen LogP contribution in [0.15, 0.2) is 149 Å². The summed E-state index contributed by atoms with van der Waals surface area (Å²) in [6.45, 7) is 57.8. The van der Waals surface area contributed by atoms with Gasteiger partial charge < -0.3 is 30.0 Å². The third-order valence-corrected chi connectivity index (χ3v) is 20.5. The zero-order valence-corrected chi connectivity index (χ0v) is 62.6. The van der Waals surface area contributed by atoms with Crippen molar-refractivity contribution in [2.45, 2.75) is 232 Å². The molecule has 8 rings (SSSR count). The van der Waals surface area contributed by atoms with Crippen molar-refractivity contribution in [1.29, 1.82) is 5.26 Å². The second kappa shape index (κ2) is 33.4. The van der Waals surface area contributed by atoms with Crippen LogP contribution in [0.25, 0.3) is 0 Å². The van der Waals surface area contributed by atoms with Gasteiger partial charge in [-0.05, 0) is 181 Å². The summed E-state index contributed by atoms with van der Waals surface area (Å²) in [7, 11) is 0. The molecule has 4 amide bonds. The first-order valence-electron chi connectivity index (χ1n) is 34.5. The van der Waals surface area contributed by atoms with Gasteiger partial charge in [-0.2, -0.15) is 5.26 Å². The number of allylic oxidation sites excluding steroid dienone is 14. The average molecular weight is 1290 g/mol. The molecule has 2 N–H and O–H groups in total. The van der Waals surface area contributed by atoms with Crippen molar-refractivity contribution in [3.05, 3.63) is 149 Å². The average Bonchev–Trinajstić information content (AvgIpc) is 1.55. The van der Waals surface area contributed by atoms with Crippen LogP contribution in [-0.2, 0) is 38.4 Å². The van der Waals surface area contributed by atoms with Crippen LogP contribution in [0.1, 0.15) is 220 Å². The number of hydrogen-bond acceptors (Lipinski definition) is 9. The van der Waals surface area contributed by atoms with E-state index in [2.05, 4.69) is 185 Å². The monoisotopic (exact) mass is 1290 g/mol. The molecule has 0 saturated heterocycles. The van der Waals surface area contributed by atoms with Crippen molar-refractivity contribution in [2.75, 3.05) is 0 Å². The van der Waals surface area contributed by atoms with Gasteiger partial charge in [-0.1, -0.05) is 171 Å². The zero-order valence-electron chi connectivity index (χ0n) is 62.6. The van der Waals surface area contributed by atoms with Crippen molar-refractivity contribution >= 4 is 46.8 Å². The van der Waals surface area contributed by atoms with Gasteiger partial charge in [-0.25, -0.2) is 0 Å². The van der Waals surface area contributed by atoms with Gasteiger partial charge >= 0.3 is 0 Å². The summed E-state index contributed by atoms with van der Waals surface area (Å²) in [5.41, 5.74) is 15.5. The number of carbonyl (C=O) groups excluding carboxylic acids is 8. The van der Waals surface area contributed by atoms with Gasteiger partial charge in [0.1, 0.15) is 11.6 Å². The molecular weight excluding hydrogens is 1170 g/mol. The largest absolute Gasteiger partial charge is 0.321 e. The highest BCUT2D eigenvalue weighted by atomic mass is 16.2. The molecule has 0 bridgehead atoms. The molecule has 0 aromatic carbocycles. The number of carbonyl (C=O) groups is 8. The third-order valence-electron chi connectivity index (χ3n) is 20.5. The summed E-state index contributed by atoms with van der Waals surface area (Å²) in [5.74, 6) is 5.38. The Kier molecular flexibility index (Phi) is 28.1. The molecule has 2 aliphatic carbocycles. The maximum absolute atomic E-state index is 13.2. The van der Waals surface area contributed by atoms with Crippen LogP contribution in [0.5, 0.6) is 0 Å². The Morgan fingerprint density at radius 3 is 1.00 bits per heavy atom. The standard InChI is InChI=1S/2C23H33NO2.C20H24N2O2.C9H15N.C6H10O2/c2*1-12(2)14(5)9-16(7)18-11-19(25)21-20(18)23(26)24-22(21)17(8)10-15(6)13(3)4;1-9-7-11(3)17-15-16(19(23)21(17)13(9)5)18-12(4)8-10(2)14(6)22(18)20(15)24;1-7(2)9(4)5-8(3)6-10;1-5(7)3-4-6(2)8/h2*9-10,12-15H,11H2,1-8H3,(H,24,26);7-10,13-14H,1-6H3;5,7,9H,1-4H3;3-4H2,1-2H3/b2*16-9-,17-10-;;8-5-;. The molecule has 0 saturated carbocycles. The molecule has 512 valence electrons. The fraction of sp³-hybridized carbons (Fsp3) is 0.568. The first-order chi connectivity index (χ1) is 43.5. The molecule has 9 unspecified atom stereocenters. The molecule has 8 aliphatic rings. The Labute approximate surface area is 565 Å². The van der Waals surface area contributed by atoms with Crippen LogP contribution >= 0.6 is 0 Å². The number of Topliss-reactive ketones (excluding diaryl/α,β-unsaturated/α-hetero) is 4. The van der Waals surface area contributed by atoms with Gasteiger partial charge in [0.25, 0.3) is 23.6 Å². The summed E-state index contributed by atoms with van der Waals surface area (Å²) in [6.07, 6.45) is 16.6. The van der Waals surface area contributed by atoms with E-state index < -0.39 is 0 Å². The Hall–Kier alpha value is -7.33. The van der Waals surface area contributed by atoms with E-state index in [1.54, 1.807) is 0 Å². The van der Waals surface area contributed by atoms with E-state index in [1.165, 1.54) is 13.8 Å². The number of fused-ring (bicyclic) bond motifs is 5. The molecule has 6 aliphatic heterocycles. The Balaban J connectivity index is 0.000000265. The van der Waals surface area contributed by atoms with Crippen LogP contribution in [-0.4, -0.2) is 68.6 Å². The van der Waals surface area contributed by atoms with Crippen LogP contribution in [0, 0.1) is 82.3 Å². The minimum Gasteiger partial charge on any atom is -0.321 e. The molecule has 13 heteroatoms. The Morgan fingerprint density at radius 2 is 0.734 bits per heavy atom. The van der Waals surface area contributed by atoms with E-state index in [4.69, 9.17) is 5.26 Å². The number of nitriles is 1. The highest BCUT2D eigenvalue weighted by Gasteiger charge is 2.53. The molecule has 13 nitrogen and oxygen atoms in total. The summed E-state index contributed by atoms with van der Waals surface area (Å²) < 4.78 is 0. The lowest BCUT2D eigenvalue weighted by atomic mass is 9.91. The highest BCUT2D eigenvalue weighted by Crippen LogP contribution is 2.50. The topological polar surface area (TPSA) is 191 Å². The van der Waals surface area contributed by atoms with Gasteiger partial charge in [0.05, 0.1) is 62.3 Å². The maximum Gasteiger partial charge on any atom is 0.261 e. The van der Waals surface area contributed by atoms with Gasteiger partial charge in [-0.3, -0.25) is 28.8 Å². The lowest BCUT2D eigenvalue weighted by molar-refractivity contribution is -0.126. The fourth-order valence-corrected chi connectivity index (χ4v) is 12.3. The highest BCUT2D eigenvalue weighted by molar-refractivity contribution is 6.23. The Morgan fingerprint density at radius 1 is 0.457 bits per heavy atom. The number of rotatable bonds is 17. The maximum atomic E-state index is 13.2. The first-order valence-corrected chi connectivity index (χ1v) is 34.5. The molecule has 94 heavy (non-hydrogen) atoms. The van der Waals surface area contributed by atoms with E-state index in [0.717, 1.165) is 61.6 Å². The van der Waals surface area contributed by atoms with Crippen LogP contribution < -0.4 is 10.6 Å². The third kappa shape index (κ3) is 18.4. The van der Waals surface area contributed by atoms with Crippen molar-refractivity contribution in [3.8, 4) is 6.07 Å². The van der Waals surface area contributed by atoms with E-state index in [-0.39, 0.29) is 70.7 Å². The summed E-state index contributed by atoms with van der Waals surface area (Å²) in [5, 5.41) is 14.4. The second-order valence-corrected chi connectivity index (χ2v) is 29.8. The predicted octanol–water partition coefficient (Wildman–Crippen LogP) is 17.1. The van der Waals surface area contributed by atoms with Crippen LogP contribution in [0.2, 0.25) is 0 Å². The van der Waals surface area contributed by atoms with Crippen LogP contribution in [0.3, 0.4) is 0 Å². The van der Waals surface area contributed by atoms with Gasteiger partial charge in [0.15, 0.2) is 11.6 Å². The Bertz CT molecular complexity index is 3200. The number of nitrogens with one attached hydrogen (secondary N) is 2. The lowest BCUT2D eigenvalue weighted by Crippen LogP contribution is -2.44. The lowest BCUT2D eigenvalue weighted by Gasteiger charge is -2.38. The van der Waals surface area contributed by atoms with E-state index in [1.807, 2.05) is 64.3 Å². The van der Waals surface area contributed by atoms with Crippen molar-refractivity contribution in [2.24, 2.45) is 71.0 Å². The quantitative estimate of drug-likeness (QED) is 0.133. The second-order valence-electron chi connectivity index (χ2n) is 29.8. The van der Waals surface area contributed by atoms with Crippen molar-refractivity contribution in [1.82, 2.24) is 20.4 Å². The van der Waals surface area contributed by atoms with Gasteiger partial charge in [0.2, 0.25) is 0 Å². The van der Waals surface area contributed by atoms with Crippen molar-refractivity contribution in [3.63, 3.8) is 0 Å². The molecule has 0 fully saturated rings. The number of hydrogen-bond donors (Lipinski definition) is 2. The molecule has 0 aromatic heterocycles. The zero-order chi connectivity index (χ0) is 71.7. The van der Waals surface area contributed by atoms with Gasteiger partial charge in [-0.15, -0.1) is 0 Å². The summed E-state index contributed by atoms with van der Waals surface area (Å²) in [4.78, 5) is 101. The molecule has 6 heterocycles. The normalized spacial score (nSPS) is 23.0. The molecular formula is C81H115N5O8. The molecule has 0 spiro atoms. The smallest absolute Gasteiger partial charge is 0.261 e. The van der Waals surface area contributed by atoms with Crippen molar-refractivity contribution < 1.29 is 38.4 Å². The number of amides is 4. The number of ketones is 4. The fourth-order valence-electron chi connectivity index (χ4n) is 12.3. The molecule has 0 aromatic rings. The number of nitrogens with zero attached hydrogens (tertiary/aromatic N) is 3. The first kappa shape index (κ1) is 79.1. The van der Waals surface area contributed by atoms with Crippen LogP contribution in [0.4, 0.5) is 0 Å². The van der Waals surface area contributed by atoms with E-state index in [9.17, 15) is 38.4 Å². The van der Waals surface area contributed by atoms with E-state index >= 15 is 0 Å². The summed E-state index contributed by atoms with van der Waals surface area (Å²) >= 11 is 0. The molecule has 0 radical (unpaired) electrons. The SMILES string of the molecule is C/C(=C/C(C)C(C)C)C1=C2C(=O)NC(/C(C)=C\C(C)C(C)C)=C2C(=O)C1.C/C(=C/C(C)C(C)C)C1=C2C(=O)NC(/C(C)=C\C(C)C(C)C)=C2C(=O)C1.C/C(C#N)=C/C(C)C(C)C.CC(=O)CCC(C)=O.CC1=CC(C)C(C)N2C(=O)C3=C4C(C)=CC(C)C(C)N4C(=O)C3=C12. The predicted molar refractivity (Wildman–Crippen MR) is 381 cm³/mol. The minimum atomic E-state index is -0.134. The minimum absolute atomic E-state index is 0.00727. The molecule has 9 atom stereocenters.